The lowest BCUT2D eigenvalue weighted by molar-refractivity contribution is -0.390. The van der Waals surface area contributed by atoms with Gasteiger partial charge in [-0.25, -0.2) is 0 Å². The highest BCUT2D eigenvalue weighted by atomic mass is 16.6. The van der Waals surface area contributed by atoms with Gasteiger partial charge < -0.3 is 19.6 Å². The number of rotatable bonds is 6. The molecule has 2 rings (SSSR count). The van der Waals surface area contributed by atoms with Crippen molar-refractivity contribution in [2.75, 3.05) is 7.11 Å². The van der Waals surface area contributed by atoms with Crippen LogP contribution in [0.4, 0.5) is 5.82 Å². The van der Waals surface area contributed by atoms with Crippen molar-refractivity contribution in [3.05, 3.63) is 52.2 Å². The summed E-state index contributed by atoms with van der Waals surface area (Å²) in [7, 11) is 1.54. The molecule has 0 bridgehead atoms. The van der Waals surface area contributed by atoms with Crippen LogP contribution in [-0.2, 0) is 6.42 Å². The average molecular weight is 288 g/mol. The maximum absolute atomic E-state index is 10.9. The highest BCUT2D eigenvalue weighted by molar-refractivity contribution is 5.48. The summed E-state index contributed by atoms with van der Waals surface area (Å²) in [5, 5.41) is 10.9. The molecule has 0 spiro atoms. The minimum absolute atomic E-state index is 0.0871. The van der Waals surface area contributed by atoms with Gasteiger partial charge in [-0.2, -0.15) is 0 Å². The Hall–Kier alpha value is -2.63. The van der Waals surface area contributed by atoms with Crippen molar-refractivity contribution in [3.8, 4) is 17.2 Å². The molecule has 110 valence electrons. The van der Waals surface area contributed by atoms with Crippen LogP contribution in [0.1, 0.15) is 18.9 Å². The largest absolute Gasteiger partial charge is 0.493 e. The number of ether oxygens (including phenoxy) is 2. The molecule has 6 heteroatoms. The summed E-state index contributed by atoms with van der Waals surface area (Å²) in [6.45, 7) is 2.09. The quantitative estimate of drug-likeness (QED) is 0.598. The first kappa shape index (κ1) is 14.8. The smallest absolute Gasteiger partial charge is 0.406 e. The van der Waals surface area contributed by atoms with Crippen molar-refractivity contribution in [1.82, 2.24) is 4.98 Å². The van der Waals surface area contributed by atoms with E-state index in [1.807, 2.05) is 12.1 Å². The van der Waals surface area contributed by atoms with E-state index < -0.39 is 4.92 Å². The summed E-state index contributed by atoms with van der Waals surface area (Å²) in [5.41, 5.74) is 1.13. The van der Waals surface area contributed by atoms with Crippen molar-refractivity contribution >= 4 is 5.82 Å². The Labute approximate surface area is 122 Å². The van der Waals surface area contributed by atoms with Crippen molar-refractivity contribution in [2.24, 2.45) is 0 Å². The number of nitrogens with zero attached hydrogens (tertiary/aromatic N) is 2. The van der Waals surface area contributed by atoms with Gasteiger partial charge in [0.2, 0.25) is 5.75 Å². The summed E-state index contributed by atoms with van der Waals surface area (Å²) in [6.07, 6.45) is 3.31. The predicted molar refractivity (Wildman–Crippen MR) is 78.0 cm³/mol. The van der Waals surface area contributed by atoms with Crippen LogP contribution in [-0.4, -0.2) is 17.0 Å². The van der Waals surface area contributed by atoms with Gasteiger partial charge in [0.05, 0.1) is 7.11 Å². The van der Waals surface area contributed by atoms with Crippen LogP contribution in [0.5, 0.6) is 17.2 Å². The molecule has 0 N–H and O–H groups in total. The van der Waals surface area contributed by atoms with E-state index in [1.54, 1.807) is 12.1 Å². The van der Waals surface area contributed by atoms with Gasteiger partial charge in [0.15, 0.2) is 11.5 Å². The van der Waals surface area contributed by atoms with Crippen molar-refractivity contribution in [2.45, 2.75) is 19.8 Å². The zero-order valence-electron chi connectivity index (χ0n) is 11.9. The zero-order valence-corrected chi connectivity index (χ0v) is 11.9. The van der Waals surface area contributed by atoms with E-state index in [4.69, 9.17) is 9.47 Å². The van der Waals surface area contributed by atoms with Crippen LogP contribution < -0.4 is 9.47 Å². The molecule has 2 aromatic rings. The number of aromatic nitrogens is 1. The highest BCUT2D eigenvalue weighted by Crippen LogP contribution is 2.35. The number of aryl methyl sites for hydroxylation is 1. The van der Waals surface area contributed by atoms with Crippen LogP contribution in [0, 0.1) is 10.1 Å². The van der Waals surface area contributed by atoms with Crippen LogP contribution in [0.25, 0.3) is 0 Å². The van der Waals surface area contributed by atoms with Gasteiger partial charge in [0, 0.05) is 0 Å². The Morgan fingerprint density at radius 2 is 2.05 bits per heavy atom. The van der Waals surface area contributed by atoms with Gasteiger partial charge in [-0.1, -0.05) is 19.4 Å². The van der Waals surface area contributed by atoms with Gasteiger partial charge in [0.1, 0.15) is 6.20 Å². The molecule has 0 saturated carbocycles. The number of methoxy groups -OCH3 is 1. The Morgan fingerprint density at radius 3 is 2.71 bits per heavy atom. The summed E-state index contributed by atoms with van der Waals surface area (Å²) in [6, 6.07) is 8.63. The Balaban J connectivity index is 2.33. The van der Waals surface area contributed by atoms with E-state index in [9.17, 15) is 10.1 Å². The molecule has 1 heterocycles. The Morgan fingerprint density at radius 1 is 1.24 bits per heavy atom. The minimum atomic E-state index is -0.576. The lowest BCUT2D eigenvalue weighted by atomic mass is 10.1. The minimum Gasteiger partial charge on any atom is -0.493 e. The zero-order chi connectivity index (χ0) is 15.2. The molecule has 1 aromatic carbocycles. The Kier molecular flexibility index (Phi) is 4.71. The SMILES string of the molecule is CCCc1ccc(Oc2cccnc2[N+](=O)[O-])c(OC)c1. The molecule has 0 saturated heterocycles. The topological polar surface area (TPSA) is 74.5 Å². The second-order valence-electron chi connectivity index (χ2n) is 4.42. The molecular formula is C15H16N2O4. The lowest BCUT2D eigenvalue weighted by Gasteiger charge is -2.11. The van der Waals surface area contributed by atoms with Crippen LogP contribution >= 0.6 is 0 Å². The molecule has 0 radical (unpaired) electrons. The van der Waals surface area contributed by atoms with Crippen LogP contribution in [0.3, 0.4) is 0 Å². The fourth-order valence-corrected chi connectivity index (χ4v) is 1.96. The molecule has 0 atom stereocenters. The van der Waals surface area contributed by atoms with E-state index in [-0.39, 0.29) is 11.6 Å². The molecule has 0 amide bonds. The summed E-state index contributed by atoms with van der Waals surface area (Å²) in [5.74, 6) is 0.730. The maximum Gasteiger partial charge on any atom is 0.406 e. The first-order valence-corrected chi connectivity index (χ1v) is 6.60. The molecule has 0 aliphatic carbocycles. The van der Waals surface area contributed by atoms with E-state index in [1.165, 1.54) is 19.4 Å². The van der Waals surface area contributed by atoms with E-state index in [2.05, 4.69) is 11.9 Å². The molecule has 1 aromatic heterocycles. The summed E-state index contributed by atoms with van der Waals surface area (Å²) >= 11 is 0. The number of hydrogen-bond donors (Lipinski definition) is 0. The van der Waals surface area contributed by atoms with Crippen LogP contribution in [0.2, 0.25) is 0 Å². The van der Waals surface area contributed by atoms with Gasteiger partial charge in [0.25, 0.3) is 0 Å². The fraction of sp³-hybridized carbons (Fsp3) is 0.267. The van der Waals surface area contributed by atoms with Gasteiger partial charge in [-0.3, -0.25) is 0 Å². The van der Waals surface area contributed by atoms with E-state index in [0.717, 1.165) is 18.4 Å². The Bertz CT molecular complexity index is 643. The number of benzene rings is 1. The predicted octanol–water partition coefficient (Wildman–Crippen LogP) is 3.74. The van der Waals surface area contributed by atoms with Crippen molar-refractivity contribution < 1.29 is 14.4 Å². The van der Waals surface area contributed by atoms with Crippen LogP contribution in [0.15, 0.2) is 36.5 Å². The van der Waals surface area contributed by atoms with Gasteiger partial charge >= 0.3 is 5.82 Å². The molecule has 0 aliphatic rings. The molecular weight excluding hydrogens is 272 g/mol. The van der Waals surface area contributed by atoms with Crippen molar-refractivity contribution in [3.63, 3.8) is 0 Å². The maximum atomic E-state index is 10.9. The number of pyridine rings is 1. The normalized spacial score (nSPS) is 10.2. The highest BCUT2D eigenvalue weighted by Gasteiger charge is 2.18. The number of nitro groups is 1. The molecule has 21 heavy (non-hydrogen) atoms. The van der Waals surface area contributed by atoms with Gasteiger partial charge in [-0.05, 0) is 46.2 Å². The first-order chi connectivity index (χ1) is 10.2. The molecule has 0 fully saturated rings. The monoisotopic (exact) mass is 288 g/mol. The third kappa shape index (κ3) is 3.47. The second kappa shape index (κ2) is 6.69. The standard InChI is InChI=1S/C15H16N2O4/c1-3-5-11-7-8-12(14(10-11)20-2)21-13-6-4-9-16-15(13)17(18)19/h4,6-10H,3,5H2,1-2H3. The number of hydrogen-bond acceptors (Lipinski definition) is 5. The summed E-state index contributed by atoms with van der Waals surface area (Å²) < 4.78 is 10.9. The second-order valence-corrected chi connectivity index (χ2v) is 4.42. The third-order valence-corrected chi connectivity index (χ3v) is 2.91. The van der Waals surface area contributed by atoms with Crippen molar-refractivity contribution in [1.29, 1.82) is 0 Å². The van der Waals surface area contributed by atoms with E-state index in [0.29, 0.717) is 11.5 Å². The first-order valence-electron chi connectivity index (χ1n) is 6.60. The molecule has 0 unspecified atom stereocenters. The molecule has 6 nitrogen and oxygen atoms in total. The average Bonchev–Trinajstić information content (AvgIpc) is 2.49. The summed E-state index contributed by atoms with van der Waals surface area (Å²) in [4.78, 5) is 14.1. The fourth-order valence-electron chi connectivity index (χ4n) is 1.96. The van der Waals surface area contributed by atoms with E-state index >= 15 is 0 Å². The van der Waals surface area contributed by atoms with Gasteiger partial charge in [-0.15, -0.1) is 0 Å². The lowest BCUT2D eigenvalue weighted by Crippen LogP contribution is -1.97. The molecule has 0 aliphatic heterocycles. The third-order valence-electron chi connectivity index (χ3n) is 2.91.